The molecule has 2 aromatic rings. The summed E-state index contributed by atoms with van der Waals surface area (Å²) in [4.78, 5) is 21.1. The molecular formula is C17H23FN4O. The minimum Gasteiger partial charge on any atom is -0.340 e. The molecule has 1 heterocycles. The highest BCUT2D eigenvalue weighted by Gasteiger charge is 2.16. The molecular weight excluding hydrogens is 295 g/mol. The fraction of sp³-hybridized carbons (Fsp3) is 0.529. The summed E-state index contributed by atoms with van der Waals surface area (Å²) < 4.78 is 13.2. The van der Waals surface area contributed by atoms with E-state index in [1.165, 1.54) is 37.8 Å². The Kier molecular flexibility index (Phi) is 4.79. The quantitative estimate of drug-likeness (QED) is 0.887. The van der Waals surface area contributed by atoms with E-state index in [0.29, 0.717) is 23.4 Å². The molecule has 0 aliphatic heterocycles. The summed E-state index contributed by atoms with van der Waals surface area (Å²) in [6.07, 6.45) is 6.29. The second-order valence-electron chi connectivity index (χ2n) is 6.37. The minimum absolute atomic E-state index is 0.102. The van der Waals surface area contributed by atoms with Gasteiger partial charge in [0.1, 0.15) is 11.6 Å². The first-order chi connectivity index (χ1) is 11.1. The molecule has 0 radical (unpaired) electrons. The molecule has 0 saturated heterocycles. The summed E-state index contributed by atoms with van der Waals surface area (Å²) >= 11 is 0. The van der Waals surface area contributed by atoms with Gasteiger partial charge >= 0.3 is 6.03 Å². The molecule has 6 heteroatoms. The van der Waals surface area contributed by atoms with E-state index in [1.54, 1.807) is 18.0 Å². The maximum atomic E-state index is 13.2. The van der Waals surface area contributed by atoms with E-state index in [0.717, 1.165) is 18.9 Å². The molecule has 1 saturated carbocycles. The lowest BCUT2D eigenvalue weighted by atomic mass is 10.0. The second kappa shape index (κ2) is 6.98. The molecule has 2 amide bonds. The normalized spacial score (nSPS) is 15.2. The molecule has 23 heavy (non-hydrogen) atoms. The van der Waals surface area contributed by atoms with Crippen LogP contribution in [-0.2, 0) is 6.54 Å². The van der Waals surface area contributed by atoms with Crippen molar-refractivity contribution in [2.45, 2.75) is 38.6 Å². The number of halogens is 1. The molecule has 1 aliphatic carbocycles. The standard InChI is InChI=1S/C17H23FN4O/c1-22(17(23)19-9-8-12-4-2-3-5-12)11-16-20-14-7-6-13(18)10-15(14)21-16/h6-7,10,12H,2-5,8-9,11H2,1H3,(H,19,23)(H,20,21). The summed E-state index contributed by atoms with van der Waals surface area (Å²) in [7, 11) is 1.73. The third-order valence-electron chi connectivity index (χ3n) is 4.53. The lowest BCUT2D eigenvalue weighted by molar-refractivity contribution is 0.205. The molecule has 0 atom stereocenters. The van der Waals surface area contributed by atoms with Crippen LogP contribution in [0.4, 0.5) is 9.18 Å². The Balaban J connectivity index is 1.50. The molecule has 1 fully saturated rings. The van der Waals surface area contributed by atoms with Crippen molar-refractivity contribution < 1.29 is 9.18 Å². The fourth-order valence-corrected chi connectivity index (χ4v) is 3.22. The van der Waals surface area contributed by atoms with Crippen molar-refractivity contribution in [1.82, 2.24) is 20.2 Å². The Bertz CT molecular complexity index is 678. The minimum atomic E-state index is -0.300. The maximum Gasteiger partial charge on any atom is 0.317 e. The van der Waals surface area contributed by atoms with Gasteiger partial charge in [-0.3, -0.25) is 0 Å². The molecule has 2 N–H and O–H groups in total. The van der Waals surface area contributed by atoms with Crippen molar-refractivity contribution in [2.75, 3.05) is 13.6 Å². The Morgan fingerprint density at radius 2 is 2.22 bits per heavy atom. The van der Waals surface area contributed by atoms with Crippen molar-refractivity contribution in [3.05, 3.63) is 29.8 Å². The molecule has 3 rings (SSSR count). The van der Waals surface area contributed by atoms with E-state index in [2.05, 4.69) is 15.3 Å². The molecule has 0 spiro atoms. The smallest absolute Gasteiger partial charge is 0.317 e. The third kappa shape index (κ3) is 4.00. The highest BCUT2D eigenvalue weighted by molar-refractivity contribution is 5.76. The van der Waals surface area contributed by atoms with E-state index >= 15 is 0 Å². The van der Waals surface area contributed by atoms with Gasteiger partial charge in [0.25, 0.3) is 0 Å². The van der Waals surface area contributed by atoms with Crippen molar-refractivity contribution >= 4 is 17.1 Å². The van der Waals surface area contributed by atoms with E-state index in [1.807, 2.05) is 0 Å². The highest BCUT2D eigenvalue weighted by Crippen LogP contribution is 2.26. The van der Waals surface area contributed by atoms with Crippen LogP contribution in [0.25, 0.3) is 11.0 Å². The van der Waals surface area contributed by atoms with Gasteiger partial charge in [-0.25, -0.2) is 14.2 Å². The van der Waals surface area contributed by atoms with E-state index in [4.69, 9.17) is 0 Å². The Hall–Kier alpha value is -2.11. The van der Waals surface area contributed by atoms with Crippen molar-refractivity contribution in [2.24, 2.45) is 5.92 Å². The number of carbonyl (C=O) groups excluding carboxylic acids is 1. The van der Waals surface area contributed by atoms with Crippen LogP contribution in [0.15, 0.2) is 18.2 Å². The number of rotatable bonds is 5. The van der Waals surface area contributed by atoms with E-state index < -0.39 is 0 Å². The van der Waals surface area contributed by atoms with Gasteiger partial charge in [0.2, 0.25) is 0 Å². The number of fused-ring (bicyclic) bond motifs is 1. The van der Waals surface area contributed by atoms with E-state index in [9.17, 15) is 9.18 Å². The van der Waals surface area contributed by atoms with Gasteiger partial charge in [0.15, 0.2) is 0 Å². The van der Waals surface area contributed by atoms with Crippen LogP contribution < -0.4 is 5.32 Å². The molecule has 0 unspecified atom stereocenters. The SMILES string of the molecule is CN(Cc1nc2ccc(F)cc2[nH]1)C(=O)NCCC1CCCC1. The van der Waals surface area contributed by atoms with Gasteiger partial charge in [-0.2, -0.15) is 0 Å². The summed E-state index contributed by atoms with van der Waals surface area (Å²) in [5, 5.41) is 2.96. The van der Waals surface area contributed by atoms with Gasteiger partial charge < -0.3 is 15.2 Å². The number of amides is 2. The number of aromatic amines is 1. The number of nitrogens with one attached hydrogen (secondary N) is 2. The Morgan fingerprint density at radius 1 is 1.43 bits per heavy atom. The van der Waals surface area contributed by atoms with Gasteiger partial charge in [0.05, 0.1) is 17.6 Å². The number of carbonyl (C=O) groups is 1. The zero-order valence-corrected chi connectivity index (χ0v) is 13.4. The zero-order valence-electron chi connectivity index (χ0n) is 13.4. The lowest BCUT2D eigenvalue weighted by Crippen LogP contribution is -2.37. The highest BCUT2D eigenvalue weighted by atomic mass is 19.1. The van der Waals surface area contributed by atoms with E-state index in [-0.39, 0.29) is 11.8 Å². The summed E-state index contributed by atoms with van der Waals surface area (Å²) in [6, 6.07) is 4.32. The lowest BCUT2D eigenvalue weighted by Gasteiger charge is -2.17. The van der Waals surface area contributed by atoms with Gasteiger partial charge in [-0.05, 0) is 30.5 Å². The van der Waals surface area contributed by atoms with Crippen molar-refractivity contribution in [3.63, 3.8) is 0 Å². The predicted octanol–water partition coefficient (Wildman–Crippen LogP) is 3.42. The molecule has 124 valence electrons. The molecule has 0 bridgehead atoms. The number of benzene rings is 1. The van der Waals surface area contributed by atoms with Gasteiger partial charge in [-0.1, -0.05) is 25.7 Å². The number of aromatic nitrogens is 2. The average Bonchev–Trinajstić information content (AvgIpc) is 3.15. The average molecular weight is 318 g/mol. The third-order valence-corrected chi connectivity index (χ3v) is 4.53. The monoisotopic (exact) mass is 318 g/mol. The number of H-pyrrole nitrogens is 1. The van der Waals surface area contributed by atoms with Gasteiger partial charge in [0, 0.05) is 13.6 Å². The second-order valence-corrected chi connectivity index (χ2v) is 6.37. The summed E-state index contributed by atoms with van der Waals surface area (Å²) in [5.41, 5.74) is 1.35. The summed E-state index contributed by atoms with van der Waals surface area (Å²) in [5.74, 6) is 1.12. The van der Waals surface area contributed by atoms with Crippen LogP contribution in [0, 0.1) is 11.7 Å². The Morgan fingerprint density at radius 3 is 3.00 bits per heavy atom. The maximum absolute atomic E-state index is 13.2. The van der Waals surface area contributed by atoms with Crippen molar-refractivity contribution in [3.8, 4) is 0 Å². The number of hydrogen-bond acceptors (Lipinski definition) is 2. The zero-order chi connectivity index (χ0) is 16.2. The molecule has 1 aliphatic rings. The van der Waals surface area contributed by atoms with Crippen LogP contribution in [0.5, 0.6) is 0 Å². The number of hydrogen-bond donors (Lipinski definition) is 2. The number of nitrogens with zero attached hydrogens (tertiary/aromatic N) is 2. The number of imidazole rings is 1. The molecule has 5 nitrogen and oxygen atoms in total. The molecule has 1 aromatic carbocycles. The number of urea groups is 1. The Labute approximate surface area is 135 Å². The van der Waals surface area contributed by atoms with Crippen LogP contribution in [0.3, 0.4) is 0 Å². The largest absolute Gasteiger partial charge is 0.340 e. The first kappa shape index (κ1) is 15.8. The topological polar surface area (TPSA) is 61.0 Å². The fourth-order valence-electron chi connectivity index (χ4n) is 3.22. The van der Waals surface area contributed by atoms with Crippen LogP contribution in [0.2, 0.25) is 0 Å². The van der Waals surface area contributed by atoms with Crippen molar-refractivity contribution in [1.29, 1.82) is 0 Å². The predicted molar refractivity (Wildman–Crippen MR) is 87.5 cm³/mol. The summed E-state index contributed by atoms with van der Waals surface area (Å²) in [6.45, 7) is 1.09. The van der Waals surface area contributed by atoms with Crippen LogP contribution in [-0.4, -0.2) is 34.5 Å². The van der Waals surface area contributed by atoms with Gasteiger partial charge in [-0.15, -0.1) is 0 Å². The van der Waals surface area contributed by atoms with Crippen LogP contribution in [0.1, 0.15) is 37.9 Å². The first-order valence-corrected chi connectivity index (χ1v) is 8.25. The first-order valence-electron chi connectivity index (χ1n) is 8.25. The van der Waals surface area contributed by atoms with Crippen LogP contribution >= 0.6 is 0 Å². The molecule has 1 aromatic heterocycles.